The van der Waals surface area contributed by atoms with Crippen molar-refractivity contribution in [3.8, 4) is 0 Å². The molecule has 6 heteroatoms. The Balaban J connectivity index is 2.78. The minimum absolute atomic E-state index is 0.151. The summed E-state index contributed by atoms with van der Waals surface area (Å²) in [5, 5.41) is 20.8. The molecular formula is C7H10N2O4. The first-order chi connectivity index (χ1) is 6.02. The molecule has 0 aromatic carbocycles. The van der Waals surface area contributed by atoms with E-state index in [0.29, 0.717) is 5.57 Å². The first-order valence-corrected chi connectivity index (χ1v) is 3.99. The molecule has 0 bridgehead atoms. The van der Waals surface area contributed by atoms with Gasteiger partial charge in [0.15, 0.2) is 0 Å². The third-order valence-electron chi connectivity index (χ3n) is 2.27. The van der Waals surface area contributed by atoms with Gasteiger partial charge in [-0.1, -0.05) is 0 Å². The minimum Gasteiger partial charge on any atom is -0.264 e. The predicted octanol–water partition coefficient (Wildman–Crippen LogP) is 1.37. The van der Waals surface area contributed by atoms with E-state index in [0.717, 1.165) is 0 Å². The molecule has 0 aromatic rings. The lowest BCUT2D eigenvalue weighted by Gasteiger charge is -2.14. The van der Waals surface area contributed by atoms with Gasteiger partial charge >= 0.3 is 0 Å². The Morgan fingerprint density at radius 2 is 2.00 bits per heavy atom. The van der Waals surface area contributed by atoms with Crippen LogP contribution in [0.3, 0.4) is 0 Å². The van der Waals surface area contributed by atoms with E-state index in [9.17, 15) is 20.2 Å². The lowest BCUT2D eigenvalue weighted by molar-refractivity contribution is -0.526. The largest absolute Gasteiger partial charge is 0.264 e. The molecule has 0 amide bonds. The van der Waals surface area contributed by atoms with Crippen LogP contribution in [0, 0.1) is 20.2 Å². The average molecular weight is 186 g/mol. The molecule has 0 aliphatic heterocycles. The third-order valence-corrected chi connectivity index (χ3v) is 2.27. The van der Waals surface area contributed by atoms with Gasteiger partial charge in [-0.3, -0.25) is 20.2 Å². The van der Waals surface area contributed by atoms with E-state index in [4.69, 9.17) is 0 Å². The number of nitrogens with zero attached hydrogens (tertiary/aromatic N) is 2. The first-order valence-electron chi connectivity index (χ1n) is 3.99. The second-order valence-electron chi connectivity index (χ2n) is 3.17. The highest BCUT2D eigenvalue weighted by atomic mass is 16.6. The zero-order valence-electron chi connectivity index (χ0n) is 7.23. The van der Waals surface area contributed by atoms with E-state index in [1.54, 1.807) is 6.92 Å². The van der Waals surface area contributed by atoms with Crippen molar-refractivity contribution < 1.29 is 9.85 Å². The standard InChI is InChI=1S/C7H10N2O4/c1-5-4-6(8(10)11)2-3-7(5)9(12)13/h6H,2-4H2,1H3. The number of nitro groups is 2. The van der Waals surface area contributed by atoms with E-state index < -0.39 is 11.0 Å². The highest BCUT2D eigenvalue weighted by Gasteiger charge is 2.31. The fourth-order valence-electron chi connectivity index (χ4n) is 1.52. The summed E-state index contributed by atoms with van der Waals surface area (Å²) in [6, 6.07) is -0.635. The van der Waals surface area contributed by atoms with Crippen LogP contribution in [0.1, 0.15) is 26.2 Å². The Morgan fingerprint density at radius 1 is 1.38 bits per heavy atom. The van der Waals surface area contributed by atoms with E-state index in [1.165, 1.54) is 0 Å². The van der Waals surface area contributed by atoms with Crippen molar-refractivity contribution >= 4 is 0 Å². The molecule has 1 atom stereocenters. The monoisotopic (exact) mass is 186 g/mol. The number of hydrogen-bond acceptors (Lipinski definition) is 4. The fraction of sp³-hybridized carbons (Fsp3) is 0.714. The number of allylic oxidation sites excluding steroid dienone is 1. The molecular weight excluding hydrogens is 176 g/mol. The van der Waals surface area contributed by atoms with E-state index >= 15 is 0 Å². The molecule has 0 saturated carbocycles. The van der Waals surface area contributed by atoms with Gasteiger partial charge in [0.05, 0.1) is 4.92 Å². The molecule has 6 nitrogen and oxygen atoms in total. The van der Waals surface area contributed by atoms with Crippen molar-refractivity contribution in [1.29, 1.82) is 0 Å². The van der Waals surface area contributed by atoms with Crippen LogP contribution in [0.15, 0.2) is 11.3 Å². The van der Waals surface area contributed by atoms with Crippen molar-refractivity contribution in [2.24, 2.45) is 0 Å². The Labute approximate surface area is 74.5 Å². The van der Waals surface area contributed by atoms with Crippen molar-refractivity contribution in [3.63, 3.8) is 0 Å². The normalized spacial score (nSPS) is 23.0. The predicted molar refractivity (Wildman–Crippen MR) is 44.3 cm³/mol. The number of rotatable bonds is 2. The number of hydrogen-bond donors (Lipinski definition) is 0. The maximum absolute atomic E-state index is 10.4. The van der Waals surface area contributed by atoms with Crippen molar-refractivity contribution in [1.82, 2.24) is 0 Å². The van der Waals surface area contributed by atoms with Gasteiger partial charge in [-0.2, -0.15) is 0 Å². The summed E-state index contributed by atoms with van der Waals surface area (Å²) in [4.78, 5) is 20.0. The third kappa shape index (κ3) is 2.01. The molecule has 0 radical (unpaired) electrons. The zero-order chi connectivity index (χ0) is 10.0. The SMILES string of the molecule is CC1=C([N+](=O)[O-])CCC([N+](=O)[O-])C1. The van der Waals surface area contributed by atoms with Crippen molar-refractivity contribution in [3.05, 3.63) is 31.5 Å². The summed E-state index contributed by atoms with van der Waals surface area (Å²) < 4.78 is 0. The quantitative estimate of drug-likeness (QED) is 0.481. The molecule has 1 aliphatic rings. The van der Waals surface area contributed by atoms with Gasteiger partial charge in [0.25, 0.3) is 0 Å². The minimum atomic E-state index is -0.635. The molecule has 0 spiro atoms. The topological polar surface area (TPSA) is 86.3 Å². The van der Waals surface area contributed by atoms with Crippen LogP contribution in [0.4, 0.5) is 0 Å². The summed E-state index contributed by atoms with van der Waals surface area (Å²) in [5.41, 5.74) is 0.691. The molecule has 72 valence electrons. The molecule has 1 aliphatic carbocycles. The zero-order valence-corrected chi connectivity index (χ0v) is 7.23. The van der Waals surface area contributed by atoms with Crippen molar-refractivity contribution in [2.45, 2.75) is 32.2 Å². The Kier molecular flexibility index (Phi) is 2.60. The van der Waals surface area contributed by atoms with Crippen LogP contribution >= 0.6 is 0 Å². The second kappa shape index (κ2) is 3.51. The average Bonchev–Trinajstić information content (AvgIpc) is 2.03. The highest BCUT2D eigenvalue weighted by Crippen LogP contribution is 2.26. The summed E-state index contributed by atoms with van der Waals surface area (Å²) in [6.45, 7) is 1.59. The highest BCUT2D eigenvalue weighted by molar-refractivity contribution is 5.09. The molecule has 0 aromatic heterocycles. The molecule has 0 heterocycles. The molecule has 1 rings (SSSR count). The van der Waals surface area contributed by atoms with Gasteiger partial charge in [0.1, 0.15) is 0 Å². The molecule has 1 unspecified atom stereocenters. The smallest absolute Gasteiger partial charge is 0.245 e. The van der Waals surface area contributed by atoms with Crippen LogP contribution in [-0.2, 0) is 0 Å². The van der Waals surface area contributed by atoms with E-state index in [1.807, 2.05) is 0 Å². The second-order valence-corrected chi connectivity index (χ2v) is 3.17. The lowest BCUT2D eigenvalue weighted by Crippen LogP contribution is -2.25. The van der Waals surface area contributed by atoms with Crippen LogP contribution in [0.25, 0.3) is 0 Å². The maximum Gasteiger partial charge on any atom is 0.245 e. The summed E-state index contributed by atoms with van der Waals surface area (Å²) in [7, 11) is 0. The van der Waals surface area contributed by atoms with Crippen LogP contribution in [0.5, 0.6) is 0 Å². The van der Waals surface area contributed by atoms with E-state index in [2.05, 4.69) is 0 Å². The van der Waals surface area contributed by atoms with Gasteiger partial charge in [-0.15, -0.1) is 0 Å². The van der Waals surface area contributed by atoms with Crippen LogP contribution < -0.4 is 0 Å². The first kappa shape index (κ1) is 9.63. The molecule has 0 N–H and O–H groups in total. The van der Waals surface area contributed by atoms with E-state index in [-0.39, 0.29) is 29.9 Å². The fourth-order valence-corrected chi connectivity index (χ4v) is 1.52. The Bertz CT molecular complexity index is 284. The van der Waals surface area contributed by atoms with Gasteiger partial charge in [0, 0.05) is 29.8 Å². The van der Waals surface area contributed by atoms with Gasteiger partial charge in [-0.05, 0) is 6.92 Å². The Hall–Kier alpha value is -1.46. The van der Waals surface area contributed by atoms with Gasteiger partial charge in [0.2, 0.25) is 11.7 Å². The maximum atomic E-state index is 10.4. The molecule has 0 fully saturated rings. The van der Waals surface area contributed by atoms with Crippen LogP contribution in [-0.4, -0.2) is 15.9 Å². The van der Waals surface area contributed by atoms with Crippen LogP contribution in [0.2, 0.25) is 0 Å². The Morgan fingerprint density at radius 3 is 2.38 bits per heavy atom. The molecule has 13 heavy (non-hydrogen) atoms. The summed E-state index contributed by atoms with van der Waals surface area (Å²) >= 11 is 0. The summed E-state index contributed by atoms with van der Waals surface area (Å²) in [6.07, 6.45) is 0.703. The van der Waals surface area contributed by atoms with Gasteiger partial charge in [-0.25, -0.2) is 0 Å². The summed E-state index contributed by atoms with van der Waals surface area (Å²) in [5.74, 6) is 0. The molecule has 0 saturated heterocycles. The van der Waals surface area contributed by atoms with Crippen molar-refractivity contribution in [2.75, 3.05) is 0 Å². The van der Waals surface area contributed by atoms with Gasteiger partial charge < -0.3 is 0 Å². The lowest BCUT2D eigenvalue weighted by atomic mass is 9.94.